The lowest BCUT2D eigenvalue weighted by Crippen LogP contribution is -2.21. The van der Waals surface area contributed by atoms with Crippen LogP contribution in [-0.4, -0.2) is 13.1 Å². The summed E-state index contributed by atoms with van der Waals surface area (Å²) in [6.07, 6.45) is 5.09. The van der Waals surface area contributed by atoms with Crippen molar-refractivity contribution in [3.63, 3.8) is 0 Å². The fourth-order valence-electron chi connectivity index (χ4n) is 2.43. The lowest BCUT2D eigenvalue weighted by atomic mass is 10.1. The Bertz CT molecular complexity index is 371. The Balaban J connectivity index is 2.10. The molecule has 2 N–H and O–H groups in total. The summed E-state index contributed by atoms with van der Waals surface area (Å²) in [5, 5.41) is 0. The molecule has 0 atom stereocenters. The summed E-state index contributed by atoms with van der Waals surface area (Å²) in [5.41, 5.74) is 11.0. The third-order valence-corrected chi connectivity index (χ3v) is 3.49. The number of nitrogens with zero attached hydrogens (tertiary/aromatic N) is 1. The third kappa shape index (κ3) is 2.16. The van der Waals surface area contributed by atoms with Gasteiger partial charge in [-0.15, -0.1) is 0 Å². The number of nitrogens with two attached hydrogens (primary N) is 1. The average Bonchev–Trinajstić information content (AvgIpc) is 2.63. The summed E-state index contributed by atoms with van der Waals surface area (Å²) in [6.45, 7) is 6.69. The van der Waals surface area contributed by atoms with Gasteiger partial charge in [-0.05, 0) is 37.0 Å². The maximum atomic E-state index is 5.98. The van der Waals surface area contributed by atoms with Crippen LogP contribution in [0, 0.1) is 6.92 Å². The molecule has 0 saturated carbocycles. The highest BCUT2D eigenvalue weighted by atomic mass is 15.1. The molecule has 0 radical (unpaired) electrons. The van der Waals surface area contributed by atoms with Crippen molar-refractivity contribution in [1.82, 2.24) is 0 Å². The molecule has 1 aliphatic heterocycles. The van der Waals surface area contributed by atoms with E-state index in [1.807, 2.05) is 0 Å². The first-order valence-corrected chi connectivity index (χ1v) is 6.36. The van der Waals surface area contributed by atoms with Gasteiger partial charge in [0.1, 0.15) is 0 Å². The molecule has 0 aliphatic carbocycles. The molecule has 0 amide bonds. The van der Waals surface area contributed by atoms with Gasteiger partial charge < -0.3 is 10.6 Å². The molecule has 2 nitrogen and oxygen atoms in total. The minimum atomic E-state index is 0.932. The lowest BCUT2D eigenvalue weighted by molar-refractivity contribution is 0.688. The normalized spacial score (nSPS) is 14.2. The van der Waals surface area contributed by atoms with Crippen molar-refractivity contribution in [1.29, 1.82) is 0 Å². The van der Waals surface area contributed by atoms with Gasteiger partial charge >= 0.3 is 0 Å². The van der Waals surface area contributed by atoms with Crippen LogP contribution in [0.25, 0.3) is 0 Å². The monoisotopic (exact) mass is 218 g/mol. The maximum Gasteiger partial charge on any atom is 0.0420 e. The second-order valence-corrected chi connectivity index (χ2v) is 4.78. The Hall–Kier alpha value is -1.18. The van der Waals surface area contributed by atoms with E-state index < -0.39 is 0 Å². The van der Waals surface area contributed by atoms with Crippen molar-refractivity contribution in [3.8, 4) is 0 Å². The number of hydrogen-bond acceptors (Lipinski definition) is 2. The highest BCUT2D eigenvalue weighted by molar-refractivity contribution is 5.67. The third-order valence-electron chi connectivity index (χ3n) is 3.49. The SMILES string of the molecule is CCCCCN1CCc2cc(C)c(N)cc21. The zero-order valence-corrected chi connectivity index (χ0v) is 10.4. The number of unbranched alkanes of at least 4 members (excludes halogenated alkanes) is 2. The van der Waals surface area contributed by atoms with E-state index in [-0.39, 0.29) is 0 Å². The van der Waals surface area contributed by atoms with Crippen LogP contribution in [0.15, 0.2) is 12.1 Å². The van der Waals surface area contributed by atoms with Crippen LogP contribution in [0.5, 0.6) is 0 Å². The molecule has 0 aromatic heterocycles. The Morgan fingerprint density at radius 2 is 2.12 bits per heavy atom. The van der Waals surface area contributed by atoms with Gasteiger partial charge in [-0.2, -0.15) is 0 Å². The fraction of sp³-hybridized carbons (Fsp3) is 0.571. The van der Waals surface area contributed by atoms with Crippen molar-refractivity contribution < 1.29 is 0 Å². The lowest BCUT2D eigenvalue weighted by Gasteiger charge is -2.19. The molecule has 0 unspecified atom stereocenters. The Morgan fingerprint density at radius 1 is 1.31 bits per heavy atom. The first kappa shape index (κ1) is 11.3. The van der Waals surface area contributed by atoms with Crippen LogP contribution >= 0.6 is 0 Å². The molecule has 1 aromatic rings. The molecule has 0 saturated heterocycles. The molecule has 16 heavy (non-hydrogen) atoms. The number of nitrogen functional groups attached to an aromatic ring is 1. The van der Waals surface area contributed by atoms with E-state index in [1.165, 1.54) is 55.6 Å². The molecule has 0 spiro atoms. The molecule has 2 rings (SSSR count). The van der Waals surface area contributed by atoms with Crippen molar-refractivity contribution in [2.24, 2.45) is 0 Å². The first-order valence-electron chi connectivity index (χ1n) is 6.36. The van der Waals surface area contributed by atoms with Gasteiger partial charge in [0.2, 0.25) is 0 Å². The van der Waals surface area contributed by atoms with Gasteiger partial charge in [0.15, 0.2) is 0 Å². The van der Waals surface area contributed by atoms with Gasteiger partial charge in [0.05, 0.1) is 0 Å². The molecule has 2 heteroatoms. The van der Waals surface area contributed by atoms with Crippen LogP contribution in [0.3, 0.4) is 0 Å². The van der Waals surface area contributed by atoms with Gasteiger partial charge in [-0.1, -0.05) is 25.8 Å². The van der Waals surface area contributed by atoms with Crippen LogP contribution in [0.2, 0.25) is 0 Å². The Morgan fingerprint density at radius 3 is 2.88 bits per heavy atom. The quantitative estimate of drug-likeness (QED) is 0.621. The average molecular weight is 218 g/mol. The molecule has 88 valence electrons. The summed E-state index contributed by atoms with van der Waals surface area (Å²) < 4.78 is 0. The second-order valence-electron chi connectivity index (χ2n) is 4.78. The Labute approximate surface area is 98.4 Å². The van der Waals surface area contributed by atoms with Crippen molar-refractivity contribution in [2.75, 3.05) is 23.7 Å². The summed E-state index contributed by atoms with van der Waals surface area (Å²) in [7, 11) is 0. The number of fused-ring (bicyclic) bond motifs is 1. The first-order chi connectivity index (χ1) is 7.72. The van der Waals surface area contributed by atoms with E-state index in [1.54, 1.807) is 0 Å². The van der Waals surface area contributed by atoms with Crippen molar-refractivity contribution in [3.05, 3.63) is 23.3 Å². The van der Waals surface area contributed by atoms with Gasteiger partial charge in [0.25, 0.3) is 0 Å². The van der Waals surface area contributed by atoms with Crippen LogP contribution in [0.1, 0.15) is 37.3 Å². The largest absolute Gasteiger partial charge is 0.398 e. The highest BCUT2D eigenvalue weighted by Gasteiger charge is 2.19. The van der Waals surface area contributed by atoms with E-state index in [9.17, 15) is 0 Å². The van der Waals surface area contributed by atoms with Crippen molar-refractivity contribution >= 4 is 11.4 Å². The van der Waals surface area contributed by atoms with Gasteiger partial charge in [0, 0.05) is 24.5 Å². The minimum absolute atomic E-state index is 0.932. The van der Waals surface area contributed by atoms with Crippen LogP contribution in [0.4, 0.5) is 11.4 Å². The Kier molecular flexibility index (Phi) is 3.37. The smallest absolute Gasteiger partial charge is 0.0420 e. The standard InChI is InChI=1S/C14H22N2/c1-3-4-5-7-16-8-6-12-9-11(2)13(15)10-14(12)16/h9-10H,3-8,15H2,1-2H3. The van der Waals surface area contributed by atoms with E-state index >= 15 is 0 Å². The predicted molar refractivity (Wildman–Crippen MR) is 71.0 cm³/mol. The molecular formula is C14H22N2. The van der Waals surface area contributed by atoms with E-state index in [2.05, 4.69) is 30.9 Å². The topological polar surface area (TPSA) is 29.3 Å². The molecule has 0 bridgehead atoms. The zero-order valence-electron chi connectivity index (χ0n) is 10.4. The number of hydrogen-bond donors (Lipinski definition) is 1. The van der Waals surface area contributed by atoms with Crippen LogP contribution < -0.4 is 10.6 Å². The summed E-state index contributed by atoms with van der Waals surface area (Å²) >= 11 is 0. The number of rotatable bonds is 4. The molecular weight excluding hydrogens is 196 g/mol. The molecule has 0 fully saturated rings. The molecule has 1 aromatic carbocycles. The summed E-state index contributed by atoms with van der Waals surface area (Å²) in [6, 6.07) is 4.41. The second kappa shape index (κ2) is 4.77. The van der Waals surface area contributed by atoms with Crippen LogP contribution in [-0.2, 0) is 6.42 Å². The number of anilines is 2. The summed E-state index contributed by atoms with van der Waals surface area (Å²) in [4.78, 5) is 2.49. The molecule has 1 heterocycles. The predicted octanol–water partition coefficient (Wildman–Crippen LogP) is 3.13. The number of benzene rings is 1. The highest BCUT2D eigenvalue weighted by Crippen LogP contribution is 2.32. The van der Waals surface area contributed by atoms with Gasteiger partial charge in [-0.3, -0.25) is 0 Å². The van der Waals surface area contributed by atoms with E-state index in [4.69, 9.17) is 5.73 Å². The minimum Gasteiger partial charge on any atom is -0.398 e. The molecule has 1 aliphatic rings. The van der Waals surface area contributed by atoms with Gasteiger partial charge in [-0.25, -0.2) is 0 Å². The maximum absolute atomic E-state index is 5.98. The van der Waals surface area contributed by atoms with E-state index in [0.717, 1.165) is 5.69 Å². The number of aryl methyl sites for hydroxylation is 1. The fourth-order valence-corrected chi connectivity index (χ4v) is 2.43. The van der Waals surface area contributed by atoms with Crippen molar-refractivity contribution in [2.45, 2.75) is 39.5 Å². The zero-order chi connectivity index (χ0) is 11.5. The van der Waals surface area contributed by atoms with E-state index in [0.29, 0.717) is 0 Å². The summed E-state index contributed by atoms with van der Waals surface area (Å²) in [5.74, 6) is 0.